The van der Waals surface area contributed by atoms with Crippen LogP contribution in [0.5, 0.6) is 0 Å². The predicted octanol–water partition coefficient (Wildman–Crippen LogP) is 3.33. The van der Waals surface area contributed by atoms with E-state index in [4.69, 9.17) is 14.3 Å². The average Bonchev–Trinajstić information content (AvgIpc) is 2.77. The van der Waals surface area contributed by atoms with Crippen molar-refractivity contribution in [1.82, 2.24) is 9.47 Å². The Balaban J connectivity index is 1.71. The summed E-state index contributed by atoms with van der Waals surface area (Å²) in [6.07, 6.45) is 4.20. The molecule has 0 aromatic carbocycles. The highest BCUT2D eigenvalue weighted by atomic mass is 16.7. The number of hydrogen-bond donors (Lipinski definition) is 0. The molecule has 3 aliphatic heterocycles. The van der Waals surface area contributed by atoms with E-state index in [9.17, 15) is 0 Å². The average molecular weight is 311 g/mol. The van der Waals surface area contributed by atoms with Gasteiger partial charge in [0.1, 0.15) is 6.20 Å². The molecule has 1 fully saturated rings. The van der Waals surface area contributed by atoms with Crippen LogP contribution in [0.3, 0.4) is 0 Å². The van der Waals surface area contributed by atoms with Gasteiger partial charge in [-0.15, -0.1) is 0 Å². The molecule has 1 spiro atoms. The Morgan fingerprint density at radius 3 is 2.09 bits per heavy atom. The Morgan fingerprint density at radius 1 is 1.00 bits per heavy atom. The summed E-state index contributed by atoms with van der Waals surface area (Å²) in [5.41, 5.74) is 5.55. The van der Waals surface area contributed by atoms with Gasteiger partial charge in [-0.1, -0.05) is 0 Å². The second-order valence-corrected chi connectivity index (χ2v) is 7.93. The second kappa shape index (κ2) is 4.15. The van der Waals surface area contributed by atoms with Crippen LogP contribution in [0, 0.1) is 0 Å². The van der Waals surface area contributed by atoms with Crippen LogP contribution in [0.2, 0.25) is 0 Å². The summed E-state index contributed by atoms with van der Waals surface area (Å²) in [6, 6.07) is 2.18. The van der Waals surface area contributed by atoms with Crippen molar-refractivity contribution in [3.8, 4) is 0 Å². The first kappa shape index (κ1) is 15.1. The largest absolute Gasteiger partial charge is 0.496 e. The molecule has 0 atom stereocenters. The summed E-state index contributed by atoms with van der Waals surface area (Å²) in [6.45, 7) is 14.8. The van der Waals surface area contributed by atoms with Crippen LogP contribution < -0.4 is 9.95 Å². The molecule has 120 valence electrons. The van der Waals surface area contributed by atoms with Gasteiger partial charge in [0.25, 0.3) is 0 Å². The van der Waals surface area contributed by atoms with Crippen molar-refractivity contribution in [3.05, 3.63) is 35.4 Å². The van der Waals surface area contributed by atoms with E-state index >= 15 is 0 Å². The maximum absolute atomic E-state index is 6.16. The van der Waals surface area contributed by atoms with Gasteiger partial charge in [0, 0.05) is 31.1 Å². The van der Waals surface area contributed by atoms with Crippen molar-refractivity contribution in [1.29, 1.82) is 0 Å². The Hall–Kier alpha value is -1.43. The summed E-state index contributed by atoms with van der Waals surface area (Å²) in [7, 11) is -0.357. The lowest BCUT2D eigenvalue weighted by Gasteiger charge is -2.32. The number of pyridine rings is 1. The summed E-state index contributed by atoms with van der Waals surface area (Å²) >= 11 is 0. The maximum atomic E-state index is 6.16. The van der Waals surface area contributed by atoms with E-state index < -0.39 is 0 Å². The molecule has 23 heavy (non-hydrogen) atoms. The van der Waals surface area contributed by atoms with Gasteiger partial charge in [-0.2, -0.15) is 4.48 Å². The van der Waals surface area contributed by atoms with Gasteiger partial charge in [-0.3, -0.25) is 0 Å². The molecule has 1 saturated heterocycles. The van der Waals surface area contributed by atoms with Crippen LogP contribution >= 0.6 is 0 Å². The minimum atomic E-state index is -0.357. The molecule has 0 saturated carbocycles. The van der Waals surface area contributed by atoms with Crippen LogP contribution in [0.4, 0.5) is 5.82 Å². The standard InChI is InChI=1S/C18H24BN2O2/c1-11-10-21(12(2)13(21)3)16-15(11)8-14(9-20-16)19-22-17(4,5)18(6,7)23-19/h8-10H,1-7H3/q+1. The van der Waals surface area contributed by atoms with Gasteiger partial charge >= 0.3 is 7.12 Å². The fourth-order valence-electron chi connectivity index (χ4n) is 3.60. The third-order valence-corrected chi connectivity index (χ3v) is 6.09. The zero-order valence-electron chi connectivity index (χ0n) is 15.0. The van der Waals surface area contributed by atoms with Crippen molar-refractivity contribution in [3.63, 3.8) is 0 Å². The van der Waals surface area contributed by atoms with Crippen molar-refractivity contribution in [2.24, 2.45) is 0 Å². The van der Waals surface area contributed by atoms with E-state index in [1.54, 1.807) is 0 Å². The first-order chi connectivity index (χ1) is 10.6. The lowest BCUT2D eigenvalue weighted by Crippen LogP contribution is -2.41. The Morgan fingerprint density at radius 2 is 1.57 bits per heavy atom. The van der Waals surface area contributed by atoms with Crippen LogP contribution in [-0.2, 0) is 9.31 Å². The molecule has 3 aliphatic rings. The number of aromatic nitrogens is 1. The minimum absolute atomic E-state index is 0.329. The molecule has 1 aromatic heterocycles. The lowest BCUT2D eigenvalue weighted by atomic mass is 9.79. The molecule has 0 N–H and O–H groups in total. The summed E-state index contributed by atoms with van der Waals surface area (Å²) in [5, 5.41) is 0. The molecule has 5 heteroatoms. The molecule has 4 heterocycles. The van der Waals surface area contributed by atoms with Crippen molar-refractivity contribution in [2.75, 3.05) is 0 Å². The van der Waals surface area contributed by atoms with Gasteiger partial charge in [0.05, 0.1) is 16.8 Å². The van der Waals surface area contributed by atoms with E-state index in [0.29, 0.717) is 0 Å². The molecule has 0 bridgehead atoms. The fourth-order valence-corrected chi connectivity index (χ4v) is 3.60. The molecule has 0 radical (unpaired) electrons. The highest BCUT2D eigenvalue weighted by molar-refractivity contribution is 6.62. The quantitative estimate of drug-likeness (QED) is 0.589. The van der Waals surface area contributed by atoms with Crippen LogP contribution in [0.1, 0.15) is 54.0 Å². The van der Waals surface area contributed by atoms with E-state index in [2.05, 4.69) is 60.7 Å². The summed E-state index contributed by atoms with van der Waals surface area (Å²) < 4.78 is 13.1. The third-order valence-electron chi connectivity index (χ3n) is 6.09. The molecule has 1 aromatic rings. The van der Waals surface area contributed by atoms with Gasteiger partial charge in [-0.25, -0.2) is 4.98 Å². The van der Waals surface area contributed by atoms with Gasteiger partial charge in [0.15, 0.2) is 11.4 Å². The van der Waals surface area contributed by atoms with E-state index in [1.807, 2.05) is 6.20 Å². The first-order valence-electron chi connectivity index (χ1n) is 8.23. The smallest absolute Gasteiger partial charge is 0.399 e. The fraction of sp³-hybridized carbons (Fsp3) is 0.500. The van der Waals surface area contributed by atoms with Crippen LogP contribution in [0.15, 0.2) is 29.9 Å². The van der Waals surface area contributed by atoms with E-state index in [0.717, 1.165) is 15.8 Å². The zero-order valence-corrected chi connectivity index (χ0v) is 15.0. The number of fused-ring (bicyclic) bond motifs is 2. The molecule has 0 aliphatic carbocycles. The van der Waals surface area contributed by atoms with Crippen molar-refractivity contribution in [2.45, 2.75) is 59.7 Å². The predicted molar refractivity (Wildman–Crippen MR) is 93.8 cm³/mol. The maximum Gasteiger partial charge on any atom is 0.496 e. The molecular weight excluding hydrogens is 287 g/mol. The van der Waals surface area contributed by atoms with Crippen molar-refractivity contribution >= 4 is 24.0 Å². The lowest BCUT2D eigenvalue weighted by molar-refractivity contribution is 0.00578. The second-order valence-electron chi connectivity index (χ2n) is 7.93. The summed E-state index contributed by atoms with van der Waals surface area (Å²) in [4.78, 5) is 4.78. The molecular formula is C18H24BN2O2+. The minimum Gasteiger partial charge on any atom is -0.399 e. The van der Waals surface area contributed by atoms with Crippen molar-refractivity contribution < 1.29 is 9.31 Å². The number of hydrogen-bond acceptors (Lipinski definition) is 3. The first-order valence-corrected chi connectivity index (χ1v) is 8.23. The zero-order chi connectivity index (χ0) is 16.8. The SMILES string of the molecule is CC1=C[N+]2(C(C)=C2C)c2ncc(B3OC(C)(C)C(C)(C)O3)cc21. The number of rotatable bonds is 1. The molecule has 0 amide bonds. The topological polar surface area (TPSA) is 31.4 Å². The van der Waals surface area contributed by atoms with Crippen LogP contribution in [-0.4, -0.2) is 23.3 Å². The highest BCUT2D eigenvalue weighted by Gasteiger charge is 2.58. The highest BCUT2D eigenvalue weighted by Crippen LogP contribution is 2.54. The molecule has 4 nitrogen and oxygen atoms in total. The van der Waals surface area contributed by atoms with Gasteiger partial charge < -0.3 is 9.31 Å². The van der Waals surface area contributed by atoms with Gasteiger partial charge in [-0.05, 0) is 40.7 Å². The number of nitrogens with zero attached hydrogens (tertiary/aromatic N) is 2. The van der Waals surface area contributed by atoms with Gasteiger partial charge in [0.2, 0.25) is 5.82 Å². The molecule has 0 unspecified atom stereocenters. The number of quaternary nitrogens is 1. The number of allylic oxidation sites excluding steroid dienone is 3. The normalized spacial score (nSPS) is 25.9. The monoisotopic (exact) mass is 311 g/mol. The van der Waals surface area contributed by atoms with Crippen LogP contribution in [0.25, 0.3) is 5.57 Å². The molecule has 4 rings (SSSR count). The Bertz CT molecular complexity index is 764. The van der Waals surface area contributed by atoms with E-state index in [-0.39, 0.29) is 18.3 Å². The van der Waals surface area contributed by atoms with E-state index in [1.165, 1.54) is 22.5 Å². The Labute approximate surface area is 138 Å². The Kier molecular flexibility index (Phi) is 2.73. The summed E-state index contributed by atoms with van der Waals surface area (Å²) in [5.74, 6) is 1.11. The third kappa shape index (κ3) is 1.76.